The molecule has 2 N–H and O–H groups in total. The number of nitrogens with one attached hydrogen (secondary N) is 1. The molecule has 0 aliphatic carbocycles. The second-order valence-corrected chi connectivity index (χ2v) is 5.50. The van der Waals surface area contributed by atoms with E-state index in [0.29, 0.717) is 13.1 Å². The first kappa shape index (κ1) is 17.5. The van der Waals surface area contributed by atoms with Gasteiger partial charge < -0.3 is 20.2 Å². The monoisotopic (exact) mass is 298 g/mol. The van der Waals surface area contributed by atoms with E-state index in [2.05, 4.69) is 21.7 Å². The normalized spacial score (nSPS) is 17.6. The maximum Gasteiger partial charge on any atom is 0.326 e. The Balaban J connectivity index is 2.37. The Morgan fingerprint density at radius 3 is 2.43 bits per heavy atom. The third-order valence-electron chi connectivity index (χ3n) is 3.52. The first-order valence-electron chi connectivity index (χ1n) is 7.20. The first-order valence-corrected chi connectivity index (χ1v) is 7.20. The number of urea groups is 1. The second kappa shape index (κ2) is 8.63. The number of carbonyl (C=O) groups is 2. The molecular weight excluding hydrogens is 272 g/mol. The molecule has 0 saturated carbocycles. The van der Waals surface area contributed by atoms with Crippen LogP contribution in [0.15, 0.2) is 12.7 Å². The average Bonchev–Trinajstić information content (AvgIpc) is 2.45. The number of carbonyl (C=O) groups excluding carboxylic acids is 1. The molecular formula is C14H26N4O3. The molecule has 0 aromatic heterocycles. The van der Waals surface area contributed by atoms with Crippen LogP contribution in [0.3, 0.4) is 0 Å². The van der Waals surface area contributed by atoms with Gasteiger partial charge in [-0.3, -0.25) is 4.90 Å². The van der Waals surface area contributed by atoms with Crippen molar-refractivity contribution in [3.63, 3.8) is 0 Å². The highest BCUT2D eigenvalue weighted by Gasteiger charge is 2.25. The summed E-state index contributed by atoms with van der Waals surface area (Å²) in [6, 6.07) is -1.21. The van der Waals surface area contributed by atoms with Crippen LogP contribution in [-0.4, -0.2) is 91.2 Å². The number of hydrogen-bond acceptors (Lipinski definition) is 4. The van der Waals surface area contributed by atoms with Crippen molar-refractivity contribution in [3.05, 3.63) is 12.7 Å². The molecule has 1 fully saturated rings. The minimum Gasteiger partial charge on any atom is -0.480 e. The molecule has 1 aliphatic rings. The Bertz CT molecular complexity index is 365. The van der Waals surface area contributed by atoms with Gasteiger partial charge in [0, 0.05) is 39.3 Å². The van der Waals surface area contributed by atoms with E-state index >= 15 is 0 Å². The molecule has 1 atom stereocenters. The SMILES string of the molecule is C=CCC(NC(=O)N1CCN(CCN(C)C)CC1)C(=O)O. The molecule has 120 valence electrons. The Hall–Kier alpha value is -1.60. The van der Waals surface area contributed by atoms with Crippen molar-refractivity contribution >= 4 is 12.0 Å². The van der Waals surface area contributed by atoms with Crippen LogP contribution in [0, 0.1) is 0 Å². The minimum absolute atomic E-state index is 0.226. The Morgan fingerprint density at radius 2 is 1.95 bits per heavy atom. The van der Waals surface area contributed by atoms with Gasteiger partial charge in [0.25, 0.3) is 0 Å². The zero-order chi connectivity index (χ0) is 15.8. The molecule has 0 radical (unpaired) electrons. The molecule has 0 bridgehead atoms. The van der Waals surface area contributed by atoms with E-state index in [-0.39, 0.29) is 12.5 Å². The number of carboxylic acid groups (broad SMARTS) is 1. The molecule has 7 heteroatoms. The second-order valence-electron chi connectivity index (χ2n) is 5.50. The molecule has 0 aromatic rings. The number of hydrogen-bond donors (Lipinski definition) is 2. The lowest BCUT2D eigenvalue weighted by atomic mass is 10.2. The van der Waals surface area contributed by atoms with Crippen LogP contribution < -0.4 is 5.32 Å². The van der Waals surface area contributed by atoms with Gasteiger partial charge in [0.2, 0.25) is 0 Å². The number of piperazine rings is 1. The third kappa shape index (κ3) is 6.14. The molecule has 0 spiro atoms. The molecule has 21 heavy (non-hydrogen) atoms. The summed E-state index contributed by atoms with van der Waals surface area (Å²) in [6.45, 7) is 8.37. The predicted molar refractivity (Wildman–Crippen MR) is 81.3 cm³/mol. The summed E-state index contributed by atoms with van der Waals surface area (Å²) in [7, 11) is 4.07. The lowest BCUT2D eigenvalue weighted by molar-refractivity contribution is -0.139. The highest BCUT2D eigenvalue weighted by molar-refractivity contribution is 5.82. The van der Waals surface area contributed by atoms with Crippen LogP contribution in [0.2, 0.25) is 0 Å². The van der Waals surface area contributed by atoms with Gasteiger partial charge in [-0.05, 0) is 20.5 Å². The van der Waals surface area contributed by atoms with Crippen LogP contribution in [0.5, 0.6) is 0 Å². The van der Waals surface area contributed by atoms with Crippen molar-refractivity contribution in [1.29, 1.82) is 0 Å². The molecule has 1 rings (SSSR count). The van der Waals surface area contributed by atoms with Crippen molar-refractivity contribution in [2.24, 2.45) is 0 Å². The van der Waals surface area contributed by atoms with E-state index in [1.165, 1.54) is 6.08 Å². The van der Waals surface area contributed by atoms with E-state index < -0.39 is 12.0 Å². The number of rotatable bonds is 7. The van der Waals surface area contributed by atoms with E-state index in [1.807, 2.05) is 14.1 Å². The molecule has 1 saturated heterocycles. The fourth-order valence-corrected chi connectivity index (χ4v) is 2.14. The van der Waals surface area contributed by atoms with E-state index in [9.17, 15) is 9.59 Å². The van der Waals surface area contributed by atoms with Crippen molar-refractivity contribution < 1.29 is 14.7 Å². The lowest BCUT2D eigenvalue weighted by Crippen LogP contribution is -2.55. The third-order valence-corrected chi connectivity index (χ3v) is 3.52. The fourth-order valence-electron chi connectivity index (χ4n) is 2.14. The molecule has 7 nitrogen and oxygen atoms in total. The van der Waals surface area contributed by atoms with E-state index in [4.69, 9.17) is 5.11 Å². The van der Waals surface area contributed by atoms with Crippen LogP contribution >= 0.6 is 0 Å². The highest BCUT2D eigenvalue weighted by Crippen LogP contribution is 2.03. The standard InChI is InChI=1S/C14H26N4O3/c1-4-5-12(13(19)20)15-14(21)18-10-8-17(9-11-18)7-6-16(2)3/h4,12H,1,5-11H2,2-3H3,(H,15,21)(H,19,20). The smallest absolute Gasteiger partial charge is 0.326 e. The summed E-state index contributed by atoms with van der Waals surface area (Å²) < 4.78 is 0. The maximum absolute atomic E-state index is 12.1. The minimum atomic E-state index is -1.03. The summed E-state index contributed by atoms with van der Waals surface area (Å²) in [5.74, 6) is -1.03. The average molecular weight is 298 g/mol. The number of amides is 2. The van der Waals surface area contributed by atoms with Crippen molar-refractivity contribution in [2.75, 3.05) is 53.4 Å². The predicted octanol–water partition coefficient (Wildman–Crippen LogP) is -0.0955. The van der Waals surface area contributed by atoms with Crippen LogP contribution in [0.1, 0.15) is 6.42 Å². The van der Waals surface area contributed by atoms with Crippen LogP contribution in [-0.2, 0) is 4.79 Å². The summed E-state index contributed by atoms with van der Waals surface area (Å²) in [6.07, 6.45) is 1.72. The summed E-state index contributed by atoms with van der Waals surface area (Å²) >= 11 is 0. The molecule has 1 heterocycles. The molecule has 0 aromatic carbocycles. The topological polar surface area (TPSA) is 76.1 Å². The van der Waals surface area contributed by atoms with Gasteiger partial charge in [0.1, 0.15) is 6.04 Å². The Kier molecular flexibility index (Phi) is 7.18. The van der Waals surface area contributed by atoms with Gasteiger partial charge in [-0.25, -0.2) is 9.59 Å². The quantitative estimate of drug-likeness (QED) is 0.642. The van der Waals surface area contributed by atoms with Gasteiger partial charge in [-0.15, -0.1) is 6.58 Å². The maximum atomic E-state index is 12.1. The zero-order valence-electron chi connectivity index (χ0n) is 12.9. The number of likely N-dealkylation sites (N-methyl/N-ethyl adjacent to an activating group) is 1. The summed E-state index contributed by atoms with van der Waals surface area (Å²) in [5, 5.41) is 11.6. The largest absolute Gasteiger partial charge is 0.480 e. The summed E-state index contributed by atoms with van der Waals surface area (Å²) in [5.41, 5.74) is 0. The van der Waals surface area contributed by atoms with Crippen molar-refractivity contribution in [2.45, 2.75) is 12.5 Å². The molecule has 2 amide bonds. The van der Waals surface area contributed by atoms with Crippen LogP contribution in [0.25, 0.3) is 0 Å². The first-order chi connectivity index (χ1) is 9.93. The number of aliphatic carboxylic acids is 1. The molecule has 1 unspecified atom stereocenters. The zero-order valence-corrected chi connectivity index (χ0v) is 12.9. The van der Waals surface area contributed by atoms with Gasteiger partial charge in [0.15, 0.2) is 0 Å². The van der Waals surface area contributed by atoms with Crippen molar-refractivity contribution in [3.8, 4) is 0 Å². The summed E-state index contributed by atoms with van der Waals surface area (Å²) in [4.78, 5) is 29.2. The highest BCUT2D eigenvalue weighted by atomic mass is 16.4. The van der Waals surface area contributed by atoms with E-state index in [0.717, 1.165) is 26.2 Å². The number of nitrogens with zero attached hydrogens (tertiary/aromatic N) is 3. The van der Waals surface area contributed by atoms with E-state index in [1.54, 1.807) is 4.90 Å². The Morgan fingerprint density at radius 1 is 1.33 bits per heavy atom. The van der Waals surface area contributed by atoms with Gasteiger partial charge in [-0.1, -0.05) is 6.08 Å². The van der Waals surface area contributed by atoms with Gasteiger partial charge >= 0.3 is 12.0 Å². The van der Waals surface area contributed by atoms with Gasteiger partial charge in [-0.2, -0.15) is 0 Å². The Labute approximate surface area is 126 Å². The fraction of sp³-hybridized carbons (Fsp3) is 0.714. The lowest BCUT2D eigenvalue weighted by Gasteiger charge is -2.35. The van der Waals surface area contributed by atoms with Crippen molar-refractivity contribution in [1.82, 2.24) is 20.0 Å². The number of carboxylic acids is 1. The van der Waals surface area contributed by atoms with Gasteiger partial charge in [0.05, 0.1) is 0 Å². The van der Waals surface area contributed by atoms with Crippen LogP contribution in [0.4, 0.5) is 4.79 Å². The molecule has 1 aliphatic heterocycles.